The van der Waals surface area contributed by atoms with Crippen LogP contribution in [-0.2, 0) is 4.74 Å². The van der Waals surface area contributed by atoms with Crippen LogP contribution in [0.3, 0.4) is 0 Å². The lowest BCUT2D eigenvalue weighted by atomic mass is 10.1. The van der Waals surface area contributed by atoms with Gasteiger partial charge in [0.15, 0.2) is 0 Å². The molecule has 0 saturated heterocycles. The Bertz CT molecular complexity index is 671. The third-order valence-electron chi connectivity index (χ3n) is 2.62. The van der Waals surface area contributed by atoms with Crippen LogP contribution in [0.25, 0.3) is 0 Å². The van der Waals surface area contributed by atoms with Gasteiger partial charge in [0.2, 0.25) is 0 Å². The fourth-order valence-electron chi connectivity index (χ4n) is 1.61. The molecule has 0 heterocycles. The minimum atomic E-state index is -0.499. The molecule has 0 saturated carbocycles. The lowest BCUT2D eigenvalue weighted by Gasteiger charge is -2.03. The van der Waals surface area contributed by atoms with Crippen LogP contribution in [0.2, 0.25) is 5.02 Å². The standard InChI is InChI=1S/C15H11ClFNO2/c1-20-15(19)12-5-3-2-4-10(12)9-18-11-6-7-14(17)13(16)8-11/h2-9H,1H3. The summed E-state index contributed by atoms with van der Waals surface area (Å²) in [6, 6.07) is 11.0. The predicted molar refractivity (Wildman–Crippen MR) is 76.4 cm³/mol. The van der Waals surface area contributed by atoms with E-state index in [0.717, 1.165) is 0 Å². The Balaban J connectivity index is 2.31. The zero-order valence-corrected chi connectivity index (χ0v) is 11.4. The van der Waals surface area contributed by atoms with Crippen molar-refractivity contribution in [3.8, 4) is 0 Å². The number of carbonyl (C=O) groups is 1. The topological polar surface area (TPSA) is 38.7 Å². The molecule has 2 rings (SSSR count). The Hall–Kier alpha value is -2.20. The number of aliphatic imine (C=N–C) groups is 1. The number of nitrogens with zero attached hydrogens (tertiary/aromatic N) is 1. The van der Waals surface area contributed by atoms with Crippen LogP contribution in [-0.4, -0.2) is 19.3 Å². The molecule has 0 N–H and O–H groups in total. The molecule has 0 fully saturated rings. The van der Waals surface area contributed by atoms with Gasteiger partial charge in [-0.2, -0.15) is 0 Å². The maximum absolute atomic E-state index is 13.0. The molecule has 0 unspecified atom stereocenters. The van der Waals surface area contributed by atoms with E-state index in [1.807, 2.05) is 0 Å². The van der Waals surface area contributed by atoms with Gasteiger partial charge in [0.05, 0.1) is 23.4 Å². The first-order valence-corrected chi connectivity index (χ1v) is 6.16. The number of rotatable bonds is 3. The molecular formula is C15H11ClFNO2. The second-order valence-electron chi connectivity index (χ2n) is 3.94. The summed E-state index contributed by atoms with van der Waals surface area (Å²) in [5.74, 6) is -0.940. The molecule has 0 aliphatic carbocycles. The van der Waals surface area contributed by atoms with E-state index in [2.05, 4.69) is 4.99 Å². The molecule has 0 aliphatic rings. The average Bonchev–Trinajstić information content (AvgIpc) is 2.48. The summed E-state index contributed by atoms with van der Waals surface area (Å²) in [5, 5.41) is 0.000836. The van der Waals surface area contributed by atoms with E-state index in [1.54, 1.807) is 24.3 Å². The molecule has 2 aromatic rings. The maximum atomic E-state index is 13.0. The van der Waals surface area contributed by atoms with E-state index in [4.69, 9.17) is 16.3 Å². The molecular weight excluding hydrogens is 281 g/mol. The van der Waals surface area contributed by atoms with Gasteiger partial charge in [0.25, 0.3) is 0 Å². The summed E-state index contributed by atoms with van der Waals surface area (Å²) in [5.41, 5.74) is 1.52. The van der Waals surface area contributed by atoms with Gasteiger partial charge in [-0.25, -0.2) is 9.18 Å². The number of hydrogen-bond donors (Lipinski definition) is 0. The fourth-order valence-corrected chi connectivity index (χ4v) is 1.79. The zero-order chi connectivity index (χ0) is 14.5. The summed E-state index contributed by atoms with van der Waals surface area (Å²) in [6.45, 7) is 0. The molecule has 0 spiro atoms. The van der Waals surface area contributed by atoms with Gasteiger partial charge in [-0.1, -0.05) is 29.8 Å². The van der Waals surface area contributed by atoms with Crippen LogP contribution in [0.5, 0.6) is 0 Å². The van der Waals surface area contributed by atoms with Gasteiger partial charge in [0.1, 0.15) is 5.82 Å². The van der Waals surface area contributed by atoms with E-state index < -0.39 is 11.8 Å². The van der Waals surface area contributed by atoms with Crippen molar-refractivity contribution in [2.24, 2.45) is 4.99 Å². The molecule has 5 heteroatoms. The normalized spacial score (nSPS) is 10.8. The van der Waals surface area contributed by atoms with Crippen LogP contribution in [0.15, 0.2) is 47.5 Å². The Kier molecular flexibility index (Phi) is 4.48. The van der Waals surface area contributed by atoms with Crippen LogP contribution < -0.4 is 0 Å². The Morgan fingerprint density at radius 1 is 1.30 bits per heavy atom. The maximum Gasteiger partial charge on any atom is 0.338 e. The summed E-state index contributed by atoms with van der Waals surface area (Å²) in [6.07, 6.45) is 1.51. The summed E-state index contributed by atoms with van der Waals surface area (Å²) in [4.78, 5) is 15.8. The SMILES string of the molecule is COC(=O)c1ccccc1C=Nc1ccc(F)c(Cl)c1. The largest absolute Gasteiger partial charge is 0.465 e. The zero-order valence-electron chi connectivity index (χ0n) is 10.6. The van der Waals surface area contributed by atoms with E-state index in [0.29, 0.717) is 16.8 Å². The van der Waals surface area contributed by atoms with E-state index in [-0.39, 0.29) is 5.02 Å². The molecule has 3 nitrogen and oxygen atoms in total. The van der Waals surface area contributed by atoms with Crippen molar-refractivity contribution in [2.75, 3.05) is 7.11 Å². The van der Waals surface area contributed by atoms with Crippen molar-refractivity contribution in [1.82, 2.24) is 0 Å². The molecule has 0 aromatic heterocycles. The first kappa shape index (κ1) is 14.2. The summed E-state index contributed by atoms with van der Waals surface area (Å²) < 4.78 is 17.7. The lowest BCUT2D eigenvalue weighted by Crippen LogP contribution is -2.04. The third-order valence-corrected chi connectivity index (χ3v) is 2.91. The van der Waals surface area contributed by atoms with Crippen molar-refractivity contribution in [2.45, 2.75) is 0 Å². The molecule has 0 amide bonds. The number of methoxy groups -OCH3 is 1. The second-order valence-corrected chi connectivity index (χ2v) is 4.34. The van der Waals surface area contributed by atoms with Crippen molar-refractivity contribution in [3.05, 3.63) is 64.4 Å². The molecule has 0 bridgehead atoms. The number of halogens is 2. The molecule has 20 heavy (non-hydrogen) atoms. The first-order chi connectivity index (χ1) is 9.61. The molecule has 2 aromatic carbocycles. The van der Waals surface area contributed by atoms with E-state index in [1.165, 1.54) is 31.5 Å². The van der Waals surface area contributed by atoms with Gasteiger partial charge in [0, 0.05) is 11.8 Å². The fraction of sp³-hybridized carbons (Fsp3) is 0.0667. The average molecular weight is 292 g/mol. The third kappa shape index (κ3) is 3.22. The van der Waals surface area contributed by atoms with Crippen molar-refractivity contribution in [3.63, 3.8) is 0 Å². The van der Waals surface area contributed by atoms with Gasteiger partial charge in [-0.15, -0.1) is 0 Å². The van der Waals surface area contributed by atoms with Crippen molar-refractivity contribution >= 4 is 29.5 Å². The van der Waals surface area contributed by atoms with Gasteiger partial charge in [-0.05, 0) is 24.3 Å². The van der Waals surface area contributed by atoms with Crippen LogP contribution in [0, 0.1) is 5.82 Å². The van der Waals surface area contributed by atoms with Crippen molar-refractivity contribution in [1.29, 1.82) is 0 Å². The van der Waals surface area contributed by atoms with E-state index >= 15 is 0 Å². The Labute approximate surface area is 120 Å². The molecule has 0 aliphatic heterocycles. The van der Waals surface area contributed by atoms with Gasteiger partial charge >= 0.3 is 5.97 Å². The van der Waals surface area contributed by atoms with Crippen molar-refractivity contribution < 1.29 is 13.9 Å². The monoisotopic (exact) mass is 291 g/mol. The summed E-state index contributed by atoms with van der Waals surface area (Å²) >= 11 is 5.68. The predicted octanol–water partition coefficient (Wildman–Crippen LogP) is 4.02. The molecule has 102 valence electrons. The Morgan fingerprint density at radius 2 is 2.05 bits per heavy atom. The number of esters is 1. The quantitative estimate of drug-likeness (QED) is 0.633. The highest BCUT2D eigenvalue weighted by Crippen LogP contribution is 2.21. The van der Waals surface area contributed by atoms with Gasteiger partial charge < -0.3 is 4.74 Å². The second kappa shape index (κ2) is 6.30. The van der Waals surface area contributed by atoms with E-state index in [9.17, 15) is 9.18 Å². The minimum absolute atomic E-state index is 0.000836. The highest BCUT2D eigenvalue weighted by Gasteiger charge is 2.09. The molecule has 0 atom stereocenters. The highest BCUT2D eigenvalue weighted by atomic mass is 35.5. The highest BCUT2D eigenvalue weighted by molar-refractivity contribution is 6.31. The number of ether oxygens (including phenoxy) is 1. The van der Waals surface area contributed by atoms with Crippen LogP contribution in [0.4, 0.5) is 10.1 Å². The number of hydrogen-bond acceptors (Lipinski definition) is 3. The Morgan fingerprint density at radius 3 is 2.75 bits per heavy atom. The van der Waals surface area contributed by atoms with Crippen LogP contribution in [0.1, 0.15) is 15.9 Å². The lowest BCUT2D eigenvalue weighted by molar-refractivity contribution is 0.0600. The first-order valence-electron chi connectivity index (χ1n) is 5.78. The summed E-state index contributed by atoms with van der Waals surface area (Å²) in [7, 11) is 1.32. The number of carbonyl (C=O) groups excluding carboxylic acids is 1. The van der Waals surface area contributed by atoms with Gasteiger partial charge in [-0.3, -0.25) is 4.99 Å². The number of benzene rings is 2. The minimum Gasteiger partial charge on any atom is -0.465 e. The smallest absolute Gasteiger partial charge is 0.338 e. The molecule has 0 radical (unpaired) electrons. The van der Waals surface area contributed by atoms with Crippen LogP contribution >= 0.6 is 11.6 Å².